The molecule has 0 fully saturated rings. The van der Waals surface area contributed by atoms with Gasteiger partial charge in [0.25, 0.3) is 0 Å². The zero-order valence-electron chi connectivity index (χ0n) is 7.99. The van der Waals surface area contributed by atoms with E-state index in [-0.39, 0.29) is 12.1 Å². The van der Waals surface area contributed by atoms with Gasteiger partial charge >= 0.3 is 5.97 Å². The summed E-state index contributed by atoms with van der Waals surface area (Å²) in [5.41, 5.74) is 1.98. The standard InChI is InChI=1S/C10H12N2O2/c1-7(13)14-9-6-11-5-8-3-2-4-12-10(8)9/h2-4,9,11H,5-6H2,1H3. The average Bonchev–Trinajstić information content (AvgIpc) is 2.18. The van der Waals surface area contributed by atoms with Gasteiger partial charge in [-0.3, -0.25) is 9.78 Å². The molecule has 1 aromatic rings. The molecule has 1 aliphatic heterocycles. The van der Waals surface area contributed by atoms with E-state index in [9.17, 15) is 4.79 Å². The molecule has 2 heterocycles. The predicted molar refractivity (Wildman–Crippen MR) is 50.5 cm³/mol. The molecule has 4 nitrogen and oxygen atoms in total. The second kappa shape index (κ2) is 3.75. The third kappa shape index (κ3) is 1.75. The third-order valence-corrected chi connectivity index (χ3v) is 2.18. The first kappa shape index (κ1) is 9.15. The molecule has 74 valence electrons. The highest BCUT2D eigenvalue weighted by atomic mass is 16.5. The van der Waals surface area contributed by atoms with Crippen LogP contribution in [0.1, 0.15) is 24.3 Å². The number of esters is 1. The largest absolute Gasteiger partial charge is 0.455 e. The number of nitrogens with zero attached hydrogens (tertiary/aromatic N) is 1. The molecule has 1 unspecified atom stereocenters. The number of carbonyl (C=O) groups excluding carboxylic acids is 1. The van der Waals surface area contributed by atoms with Crippen molar-refractivity contribution in [2.24, 2.45) is 0 Å². The fourth-order valence-electron chi connectivity index (χ4n) is 1.62. The van der Waals surface area contributed by atoms with Crippen molar-refractivity contribution < 1.29 is 9.53 Å². The molecular formula is C10H12N2O2. The number of hydrogen-bond acceptors (Lipinski definition) is 4. The summed E-state index contributed by atoms with van der Waals surface area (Å²) in [6, 6.07) is 3.88. The van der Waals surface area contributed by atoms with Crippen molar-refractivity contribution >= 4 is 5.97 Å². The van der Waals surface area contributed by atoms with Crippen LogP contribution in [0, 0.1) is 0 Å². The third-order valence-electron chi connectivity index (χ3n) is 2.18. The van der Waals surface area contributed by atoms with Crippen molar-refractivity contribution in [1.29, 1.82) is 0 Å². The van der Waals surface area contributed by atoms with Gasteiger partial charge in [-0.05, 0) is 11.6 Å². The molecule has 0 bridgehead atoms. The van der Waals surface area contributed by atoms with Crippen LogP contribution in [0.25, 0.3) is 0 Å². The fourth-order valence-corrected chi connectivity index (χ4v) is 1.62. The fraction of sp³-hybridized carbons (Fsp3) is 0.400. The maximum Gasteiger partial charge on any atom is 0.303 e. The Hall–Kier alpha value is -1.42. The molecule has 1 aromatic heterocycles. The number of pyridine rings is 1. The molecule has 2 rings (SSSR count). The summed E-state index contributed by atoms with van der Waals surface area (Å²) in [5, 5.41) is 3.18. The zero-order chi connectivity index (χ0) is 9.97. The van der Waals surface area contributed by atoms with E-state index in [0.717, 1.165) is 17.8 Å². The molecule has 0 amide bonds. The maximum atomic E-state index is 10.8. The van der Waals surface area contributed by atoms with Gasteiger partial charge in [0, 0.05) is 26.2 Å². The second-order valence-corrected chi connectivity index (χ2v) is 3.28. The van der Waals surface area contributed by atoms with Gasteiger partial charge < -0.3 is 10.1 Å². The Bertz CT molecular complexity index is 352. The Labute approximate surface area is 82.3 Å². The Balaban J connectivity index is 2.26. The van der Waals surface area contributed by atoms with Gasteiger partial charge in [-0.1, -0.05) is 6.07 Å². The number of rotatable bonds is 1. The second-order valence-electron chi connectivity index (χ2n) is 3.28. The molecular weight excluding hydrogens is 180 g/mol. The van der Waals surface area contributed by atoms with Crippen LogP contribution in [0.4, 0.5) is 0 Å². The lowest BCUT2D eigenvalue weighted by Crippen LogP contribution is -2.31. The lowest BCUT2D eigenvalue weighted by atomic mass is 10.1. The highest BCUT2D eigenvalue weighted by molar-refractivity contribution is 5.66. The van der Waals surface area contributed by atoms with Crippen LogP contribution in [0.3, 0.4) is 0 Å². The van der Waals surface area contributed by atoms with Crippen LogP contribution < -0.4 is 5.32 Å². The van der Waals surface area contributed by atoms with Crippen molar-refractivity contribution in [2.75, 3.05) is 6.54 Å². The van der Waals surface area contributed by atoms with Gasteiger partial charge in [0.15, 0.2) is 6.10 Å². The van der Waals surface area contributed by atoms with E-state index in [2.05, 4.69) is 10.3 Å². The molecule has 14 heavy (non-hydrogen) atoms. The van der Waals surface area contributed by atoms with E-state index in [0.29, 0.717) is 6.54 Å². The van der Waals surface area contributed by atoms with Crippen LogP contribution in [0.15, 0.2) is 18.3 Å². The van der Waals surface area contributed by atoms with Crippen LogP contribution in [-0.2, 0) is 16.1 Å². The number of hydrogen-bond donors (Lipinski definition) is 1. The van der Waals surface area contributed by atoms with Crippen molar-refractivity contribution in [1.82, 2.24) is 10.3 Å². The van der Waals surface area contributed by atoms with E-state index in [1.54, 1.807) is 6.20 Å². The molecule has 0 aliphatic carbocycles. The molecule has 0 saturated heterocycles. The van der Waals surface area contributed by atoms with E-state index < -0.39 is 0 Å². The Morgan fingerprint density at radius 3 is 3.36 bits per heavy atom. The lowest BCUT2D eigenvalue weighted by molar-refractivity contribution is -0.147. The lowest BCUT2D eigenvalue weighted by Gasteiger charge is -2.24. The summed E-state index contributed by atoms with van der Waals surface area (Å²) in [5.74, 6) is -0.268. The van der Waals surface area contributed by atoms with Crippen molar-refractivity contribution in [3.63, 3.8) is 0 Å². The van der Waals surface area contributed by atoms with Gasteiger partial charge in [0.1, 0.15) is 0 Å². The summed E-state index contributed by atoms with van der Waals surface area (Å²) in [6.45, 7) is 2.85. The molecule has 1 aliphatic rings. The van der Waals surface area contributed by atoms with Gasteiger partial charge in [0.05, 0.1) is 5.69 Å². The highest BCUT2D eigenvalue weighted by Crippen LogP contribution is 2.22. The van der Waals surface area contributed by atoms with Gasteiger partial charge in [-0.25, -0.2) is 0 Å². The minimum atomic E-state index is -0.268. The van der Waals surface area contributed by atoms with Gasteiger partial charge in [-0.2, -0.15) is 0 Å². The summed E-state index contributed by atoms with van der Waals surface area (Å²) in [6.07, 6.45) is 1.48. The Kier molecular flexibility index (Phi) is 2.45. The molecule has 0 radical (unpaired) electrons. The minimum absolute atomic E-state index is 0.238. The number of carbonyl (C=O) groups is 1. The average molecular weight is 192 g/mol. The van der Waals surface area contributed by atoms with Gasteiger partial charge in [0.2, 0.25) is 0 Å². The summed E-state index contributed by atoms with van der Waals surface area (Å²) in [7, 11) is 0. The van der Waals surface area contributed by atoms with E-state index >= 15 is 0 Å². The van der Waals surface area contributed by atoms with Crippen LogP contribution in [-0.4, -0.2) is 17.5 Å². The first-order valence-electron chi connectivity index (χ1n) is 4.59. The minimum Gasteiger partial charge on any atom is -0.455 e. The van der Waals surface area contributed by atoms with E-state index in [1.807, 2.05) is 12.1 Å². The summed E-state index contributed by atoms with van der Waals surface area (Å²) < 4.78 is 5.15. The van der Waals surface area contributed by atoms with Crippen molar-refractivity contribution in [3.8, 4) is 0 Å². The number of fused-ring (bicyclic) bond motifs is 1. The van der Waals surface area contributed by atoms with Gasteiger partial charge in [-0.15, -0.1) is 0 Å². The SMILES string of the molecule is CC(=O)OC1CNCc2cccnc21. The number of aromatic nitrogens is 1. The highest BCUT2D eigenvalue weighted by Gasteiger charge is 2.22. The molecule has 0 spiro atoms. The molecule has 0 aromatic carbocycles. The van der Waals surface area contributed by atoms with Crippen LogP contribution in [0.2, 0.25) is 0 Å². The predicted octanol–water partition coefficient (Wildman–Crippen LogP) is 0.789. The van der Waals surface area contributed by atoms with E-state index in [1.165, 1.54) is 6.92 Å². The summed E-state index contributed by atoms with van der Waals surface area (Å²) >= 11 is 0. The van der Waals surface area contributed by atoms with E-state index in [4.69, 9.17) is 4.74 Å². The summed E-state index contributed by atoms with van der Waals surface area (Å²) in [4.78, 5) is 15.1. The number of nitrogens with one attached hydrogen (secondary N) is 1. The first-order chi connectivity index (χ1) is 6.77. The quantitative estimate of drug-likeness (QED) is 0.668. The normalized spacial score (nSPS) is 19.9. The molecule has 1 N–H and O–H groups in total. The van der Waals surface area contributed by atoms with Crippen LogP contribution in [0.5, 0.6) is 0 Å². The smallest absolute Gasteiger partial charge is 0.303 e. The maximum absolute atomic E-state index is 10.8. The monoisotopic (exact) mass is 192 g/mol. The number of ether oxygens (including phenoxy) is 1. The van der Waals surface area contributed by atoms with Crippen molar-refractivity contribution in [2.45, 2.75) is 19.6 Å². The molecule has 4 heteroatoms. The Morgan fingerprint density at radius 2 is 2.57 bits per heavy atom. The topological polar surface area (TPSA) is 51.2 Å². The Morgan fingerprint density at radius 1 is 1.71 bits per heavy atom. The van der Waals surface area contributed by atoms with Crippen LogP contribution >= 0.6 is 0 Å². The molecule has 0 saturated carbocycles. The zero-order valence-corrected chi connectivity index (χ0v) is 7.99. The first-order valence-corrected chi connectivity index (χ1v) is 4.59. The van der Waals surface area contributed by atoms with Crippen molar-refractivity contribution in [3.05, 3.63) is 29.6 Å². The molecule has 1 atom stereocenters.